The highest BCUT2D eigenvalue weighted by Crippen LogP contribution is 2.15. The highest BCUT2D eigenvalue weighted by atomic mass is 32.1. The van der Waals surface area contributed by atoms with Crippen LogP contribution in [0.3, 0.4) is 0 Å². The van der Waals surface area contributed by atoms with E-state index in [0.717, 1.165) is 16.2 Å². The number of carbonyl (C=O) groups is 2. The molecule has 0 bridgehead atoms. The summed E-state index contributed by atoms with van der Waals surface area (Å²) in [5, 5.41) is 7.51. The van der Waals surface area contributed by atoms with Gasteiger partial charge in [0.05, 0.1) is 19.4 Å². The lowest BCUT2D eigenvalue weighted by molar-refractivity contribution is 0.0963. The number of thiophene rings is 1. The molecule has 0 atom stereocenters. The molecule has 3 aromatic rings. The van der Waals surface area contributed by atoms with Crippen LogP contribution in [0.25, 0.3) is 0 Å². The average Bonchev–Trinajstić information content (AvgIpc) is 3.39. The predicted octanol–water partition coefficient (Wildman–Crippen LogP) is 3.61. The summed E-state index contributed by atoms with van der Waals surface area (Å²) in [6.45, 7) is 1.29. The molecule has 0 aliphatic heterocycles. The van der Waals surface area contributed by atoms with Gasteiger partial charge in [-0.15, -0.1) is 11.3 Å². The zero-order valence-electron chi connectivity index (χ0n) is 15.0. The van der Waals surface area contributed by atoms with Gasteiger partial charge >= 0.3 is 6.03 Å². The lowest BCUT2D eigenvalue weighted by atomic mass is 10.1. The molecule has 0 saturated heterocycles. The molecule has 0 radical (unpaired) electrons. The van der Waals surface area contributed by atoms with Crippen molar-refractivity contribution in [3.05, 3.63) is 81.9 Å². The number of amides is 3. The molecule has 3 amide bonds. The molecule has 0 spiro atoms. The molecule has 1 aromatic carbocycles. The Labute approximate surface area is 161 Å². The van der Waals surface area contributed by atoms with Gasteiger partial charge < -0.3 is 20.0 Å². The smallest absolute Gasteiger partial charge is 0.318 e. The molecule has 27 heavy (non-hydrogen) atoms. The second kappa shape index (κ2) is 9.05. The van der Waals surface area contributed by atoms with Crippen molar-refractivity contribution in [2.24, 2.45) is 0 Å². The molecule has 2 heterocycles. The van der Waals surface area contributed by atoms with E-state index in [4.69, 9.17) is 4.42 Å². The summed E-state index contributed by atoms with van der Waals surface area (Å²) in [6, 6.07) is 14.6. The number of nitrogens with zero attached hydrogens (tertiary/aromatic N) is 1. The van der Waals surface area contributed by atoms with Crippen molar-refractivity contribution in [1.29, 1.82) is 0 Å². The predicted molar refractivity (Wildman–Crippen MR) is 104 cm³/mol. The standard InChI is InChI=1S/C20H21N3O3S/c1-21-19(24)16-8-6-15(7-9-16)12-22-20(25)23(13-17-4-2-10-26-17)14-18-5-3-11-27-18/h2-11H,12-14H2,1H3,(H,21,24)(H,22,25). The normalized spacial score (nSPS) is 10.4. The maximum absolute atomic E-state index is 12.7. The molecular formula is C20H21N3O3S. The molecular weight excluding hydrogens is 362 g/mol. The Morgan fingerprint density at radius 3 is 2.52 bits per heavy atom. The highest BCUT2D eigenvalue weighted by molar-refractivity contribution is 7.09. The second-order valence-corrected chi connectivity index (χ2v) is 6.98. The Morgan fingerprint density at radius 1 is 1.07 bits per heavy atom. The molecule has 140 valence electrons. The van der Waals surface area contributed by atoms with Gasteiger partial charge in [0.1, 0.15) is 5.76 Å². The topological polar surface area (TPSA) is 74.6 Å². The third-order valence-electron chi connectivity index (χ3n) is 4.03. The van der Waals surface area contributed by atoms with Crippen molar-refractivity contribution in [3.8, 4) is 0 Å². The Bertz CT molecular complexity index is 822. The van der Waals surface area contributed by atoms with Gasteiger partial charge in [-0.25, -0.2) is 4.79 Å². The third-order valence-corrected chi connectivity index (χ3v) is 4.89. The monoisotopic (exact) mass is 383 g/mol. The number of rotatable bonds is 7. The molecule has 0 unspecified atom stereocenters. The van der Waals surface area contributed by atoms with E-state index < -0.39 is 0 Å². The maximum Gasteiger partial charge on any atom is 0.318 e. The molecule has 2 N–H and O–H groups in total. The number of furan rings is 1. The molecule has 3 rings (SSSR count). The average molecular weight is 383 g/mol. The first kappa shape index (κ1) is 18.7. The number of carbonyl (C=O) groups excluding carboxylic acids is 2. The minimum absolute atomic E-state index is 0.133. The van der Waals surface area contributed by atoms with E-state index in [0.29, 0.717) is 25.2 Å². The molecule has 7 heteroatoms. The van der Waals surface area contributed by atoms with Gasteiger partial charge in [0.2, 0.25) is 0 Å². The van der Waals surface area contributed by atoms with Crippen molar-refractivity contribution in [3.63, 3.8) is 0 Å². The third kappa shape index (κ3) is 5.21. The number of urea groups is 1. The van der Waals surface area contributed by atoms with E-state index in [9.17, 15) is 9.59 Å². The summed E-state index contributed by atoms with van der Waals surface area (Å²) < 4.78 is 5.39. The van der Waals surface area contributed by atoms with Crippen molar-refractivity contribution >= 4 is 23.3 Å². The van der Waals surface area contributed by atoms with Gasteiger partial charge in [-0.1, -0.05) is 18.2 Å². The summed E-state index contributed by atoms with van der Waals surface area (Å²) in [5.74, 6) is 0.600. The molecule has 0 saturated carbocycles. The van der Waals surface area contributed by atoms with Crippen LogP contribution >= 0.6 is 11.3 Å². The SMILES string of the molecule is CNC(=O)c1ccc(CNC(=O)N(Cc2ccco2)Cc2cccs2)cc1. The van der Waals surface area contributed by atoms with Crippen LogP contribution in [-0.2, 0) is 19.6 Å². The lowest BCUT2D eigenvalue weighted by Gasteiger charge is -2.21. The fourth-order valence-corrected chi connectivity index (χ4v) is 3.31. The minimum Gasteiger partial charge on any atom is -0.467 e. The number of hydrogen-bond donors (Lipinski definition) is 2. The van der Waals surface area contributed by atoms with Crippen LogP contribution < -0.4 is 10.6 Å². The summed E-state index contributed by atoms with van der Waals surface area (Å²) >= 11 is 1.61. The number of hydrogen-bond acceptors (Lipinski definition) is 4. The molecule has 0 fully saturated rings. The van der Waals surface area contributed by atoms with E-state index in [1.54, 1.807) is 41.7 Å². The van der Waals surface area contributed by atoms with Gasteiger partial charge in [-0.3, -0.25) is 4.79 Å². The number of nitrogens with one attached hydrogen (secondary N) is 2. The van der Waals surface area contributed by atoms with Crippen LogP contribution in [-0.4, -0.2) is 23.9 Å². The van der Waals surface area contributed by atoms with Gasteiger partial charge in [0.25, 0.3) is 5.91 Å². The van der Waals surface area contributed by atoms with Crippen LogP contribution in [0.2, 0.25) is 0 Å². The van der Waals surface area contributed by atoms with Gasteiger partial charge in [-0.05, 0) is 41.3 Å². The Hall–Kier alpha value is -3.06. The van der Waals surface area contributed by atoms with Crippen molar-refractivity contribution in [2.45, 2.75) is 19.6 Å². The largest absolute Gasteiger partial charge is 0.467 e. The fraction of sp³-hybridized carbons (Fsp3) is 0.200. The zero-order valence-corrected chi connectivity index (χ0v) is 15.8. The Balaban J connectivity index is 1.62. The van der Waals surface area contributed by atoms with E-state index >= 15 is 0 Å². The lowest BCUT2D eigenvalue weighted by Crippen LogP contribution is -2.38. The van der Waals surface area contributed by atoms with Gasteiger partial charge in [0, 0.05) is 24.0 Å². The van der Waals surface area contributed by atoms with E-state index in [1.807, 2.05) is 41.8 Å². The van der Waals surface area contributed by atoms with Crippen molar-refractivity contribution < 1.29 is 14.0 Å². The highest BCUT2D eigenvalue weighted by Gasteiger charge is 2.16. The zero-order chi connectivity index (χ0) is 19.1. The van der Waals surface area contributed by atoms with E-state index in [-0.39, 0.29) is 11.9 Å². The second-order valence-electron chi connectivity index (χ2n) is 5.95. The quantitative estimate of drug-likeness (QED) is 0.654. The van der Waals surface area contributed by atoms with Crippen LogP contribution in [0, 0.1) is 0 Å². The minimum atomic E-state index is -0.171. The van der Waals surface area contributed by atoms with E-state index in [1.165, 1.54) is 0 Å². The molecule has 0 aliphatic rings. The van der Waals surface area contributed by atoms with Crippen LogP contribution in [0.1, 0.15) is 26.6 Å². The molecule has 6 nitrogen and oxygen atoms in total. The summed E-state index contributed by atoms with van der Waals surface area (Å²) in [7, 11) is 1.59. The van der Waals surface area contributed by atoms with Gasteiger partial charge in [0.15, 0.2) is 0 Å². The Morgan fingerprint density at radius 2 is 1.89 bits per heavy atom. The molecule has 0 aliphatic carbocycles. The first-order chi connectivity index (χ1) is 13.2. The summed E-state index contributed by atoms with van der Waals surface area (Å²) in [4.78, 5) is 27.1. The van der Waals surface area contributed by atoms with Crippen LogP contribution in [0.4, 0.5) is 4.79 Å². The van der Waals surface area contributed by atoms with Crippen LogP contribution in [0.5, 0.6) is 0 Å². The molecule has 2 aromatic heterocycles. The van der Waals surface area contributed by atoms with E-state index in [2.05, 4.69) is 10.6 Å². The first-order valence-corrected chi connectivity index (χ1v) is 9.42. The number of benzene rings is 1. The Kier molecular flexibility index (Phi) is 6.27. The summed E-state index contributed by atoms with van der Waals surface area (Å²) in [6.07, 6.45) is 1.60. The first-order valence-electron chi connectivity index (χ1n) is 8.54. The van der Waals surface area contributed by atoms with Gasteiger partial charge in [-0.2, -0.15) is 0 Å². The van der Waals surface area contributed by atoms with Crippen molar-refractivity contribution in [1.82, 2.24) is 15.5 Å². The van der Waals surface area contributed by atoms with Crippen LogP contribution in [0.15, 0.2) is 64.6 Å². The summed E-state index contributed by atoms with van der Waals surface area (Å²) in [5.41, 5.74) is 1.51. The fourth-order valence-electron chi connectivity index (χ4n) is 2.59. The van der Waals surface area contributed by atoms with Crippen molar-refractivity contribution in [2.75, 3.05) is 7.05 Å². The maximum atomic E-state index is 12.7.